The van der Waals surface area contributed by atoms with Crippen molar-refractivity contribution in [2.45, 2.75) is 18.8 Å². The summed E-state index contributed by atoms with van der Waals surface area (Å²) >= 11 is 12.3. The van der Waals surface area contributed by atoms with Gasteiger partial charge in [-0.2, -0.15) is 0 Å². The molecule has 172 valence electrons. The highest BCUT2D eigenvalue weighted by molar-refractivity contribution is 6.30. The molecule has 6 heteroatoms. The number of nitrogens with zero attached hydrogens (tertiary/aromatic N) is 1. The summed E-state index contributed by atoms with van der Waals surface area (Å²) in [5.74, 6) is 0.0511. The molecule has 0 fully saturated rings. The summed E-state index contributed by atoms with van der Waals surface area (Å²) in [6.45, 7) is 2.67. The molecule has 0 heterocycles. The molecule has 1 atom stereocenters. The zero-order chi connectivity index (χ0) is 24.1. The van der Waals surface area contributed by atoms with Gasteiger partial charge in [-0.3, -0.25) is 10.1 Å². The Morgan fingerprint density at radius 1 is 0.765 bits per heavy atom. The molecule has 0 aliphatic carbocycles. The molecular formula is C28H24Cl2N2O2. The van der Waals surface area contributed by atoms with Gasteiger partial charge in [-0.05, 0) is 58.5 Å². The van der Waals surface area contributed by atoms with Gasteiger partial charge in [-0.25, -0.2) is 0 Å². The molecule has 0 bridgehead atoms. The normalized spacial score (nSPS) is 11.9. The van der Waals surface area contributed by atoms with E-state index in [0.29, 0.717) is 22.3 Å². The first-order valence-electron chi connectivity index (χ1n) is 11.0. The third-order valence-electron chi connectivity index (χ3n) is 5.92. The molecule has 0 aliphatic heterocycles. The molecule has 0 amide bonds. The second-order valence-corrected chi connectivity index (χ2v) is 9.14. The summed E-state index contributed by atoms with van der Waals surface area (Å²) in [6.07, 6.45) is 0. The zero-order valence-electron chi connectivity index (χ0n) is 18.6. The number of benzene rings is 4. The number of nitro groups is 1. The van der Waals surface area contributed by atoms with Crippen LogP contribution >= 0.6 is 23.2 Å². The minimum absolute atomic E-state index is 0.0509. The van der Waals surface area contributed by atoms with Crippen LogP contribution in [-0.4, -0.2) is 11.5 Å². The van der Waals surface area contributed by atoms with E-state index in [2.05, 4.69) is 24.4 Å². The van der Waals surface area contributed by atoms with E-state index in [4.69, 9.17) is 23.2 Å². The topological polar surface area (TPSA) is 55.2 Å². The standard InChI is InChI=1S/C28H24Cl2N2O2/c1-19(20-5-3-2-4-6-20)18-31-26-17-23(11-16-27(26)32(33)34)28(21-7-12-24(29)13-8-21)22-9-14-25(30)15-10-22/h2-17,19,28,31H,18H2,1H3. The molecule has 0 radical (unpaired) electrons. The van der Waals surface area contributed by atoms with Crippen LogP contribution in [0.1, 0.15) is 41.0 Å². The molecule has 0 saturated heterocycles. The molecule has 1 unspecified atom stereocenters. The average Bonchev–Trinajstić information content (AvgIpc) is 2.85. The van der Waals surface area contributed by atoms with Crippen molar-refractivity contribution in [1.29, 1.82) is 0 Å². The number of anilines is 1. The third-order valence-corrected chi connectivity index (χ3v) is 6.43. The quantitative estimate of drug-likeness (QED) is 0.153. The van der Waals surface area contributed by atoms with Crippen molar-refractivity contribution in [2.24, 2.45) is 0 Å². The van der Waals surface area contributed by atoms with Crippen LogP contribution in [0, 0.1) is 10.1 Å². The van der Waals surface area contributed by atoms with Gasteiger partial charge >= 0.3 is 0 Å². The van der Waals surface area contributed by atoms with Crippen LogP contribution in [0.3, 0.4) is 0 Å². The van der Waals surface area contributed by atoms with Crippen molar-refractivity contribution in [1.82, 2.24) is 0 Å². The van der Waals surface area contributed by atoms with Crippen molar-refractivity contribution in [3.63, 3.8) is 0 Å². The van der Waals surface area contributed by atoms with E-state index in [-0.39, 0.29) is 22.4 Å². The fourth-order valence-corrected chi connectivity index (χ4v) is 4.34. The van der Waals surface area contributed by atoms with Crippen LogP contribution in [-0.2, 0) is 0 Å². The number of hydrogen-bond acceptors (Lipinski definition) is 3. The van der Waals surface area contributed by atoms with Crippen molar-refractivity contribution in [3.8, 4) is 0 Å². The van der Waals surface area contributed by atoms with E-state index in [9.17, 15) is 10.1 Å². The summed E-state index contributed by atoms with van der Waals surface area (Å²) in [5.41, 5.74) is 4.72. The van der Waals surface area contributed by atoms with E-state index in [1.165, 1.54) is 5.56 Å². The van der Waals surface area contributed by atoms with E-state index in [1.807, 2.05) is 78.9 Å². The lowest BCUT2D eigenvalue weighted by Gasteiger charge is -2.21. The molecule has 0 saturated carbocycles. The molecule has 0 aliphatic rings. The predicted molar refractivity (Wildman–Crippen MR) is 140 cm³/mol. The summed E-state index contributed by atoms with van der Waals surface area (Å²) in [4.78, 5) is 11.4. The maximum Gasteiger partial charge on any atom is 0.292 e. The second-order valence-electron chi connectivity index (χ2n) is 8.26. The first-order valence-corrected chi connectivity index (χ1v) is 11.8. The van der Waals surface area contributed by atoms with Crippen molar-refractivity contribution in [3.05, 3.63) is 139 Å². The van der Waals surface area contributed by atoms with Gasteiger partial charge in [0, 0.05) is 28.6 Å². The van der Waals surface area contributed by atoms with Gasteiger partial charge in [0.2, 0.25) is 0 Å². The minimum Gasteiger partial charge on any atom is -0.379 e. The highest BCUT2D eigenvalue weighted by Crippen LogP contribution is 2.37. The Morgan fingerprint density at radius 2 is 1.29 bits per heavy atom. The highest BCUT2D eigenvalue weighted by Gasteiger charge is 2.22. The summed E-state index contributed by atoms with van der Waals surface area (Å²) < 4.78 is 0. The SMILES string of the molecule is CC(CNc1cc(C(c2ccc(Cl)cc2)c2ccc(Cl)cc2)ccc1[N+](=O)[O-])c1ccccc1. The largest absolute Gasteiger partial charge is 0.379 e. The van der Waals surface area contributed by atoms with E-state index in [1.54, 1.807) is 6.07 Å². The summed E-state index contributed by atoms with van der Waals surface area (Å²) in [6, 6.07) is 30.7. The van der Waals surface area contributed by atoms with E-state index >= 15 is 0 Å². The Bertz CT molecular complexity index is 1210. The summed E-state index contributed by atoms with van der Waals surface area (Å²) in [7, 11) is 0. The Morgan fingerprint density at radius 3 is 1.82 bits per heavy atom. The molecule has 34 heavy (non-hydrogen) atoms. The fourth-order valence-electron chi connectivity index (χ4n) is 4.08. The lowest BCUT2D eigenvalue weighted by molar-refractivity contribution is -0.384. The molecular weight excluding hydrogens is 467 g/mol. The van der Waals surface area contributed by atoms with E-state index < -0.39 is 0 Å². The number of nitrogens with one attached hydrogen (secondary N) is 1. The van der Waals surface area contributed by atoms with Crippen molar-refractivity contribution in [2.75, 3.05) is 11.9 Å². The third kappa shape index (κ3) is 5.58. The number of rotatable bonds is 8. The lowest BCUT2D eigenvalue weighted by Crippen LogP contribution is -2.12. The lowest BCUT2D eigenvalue weighted by atomic mass is 9.85. The molecule has 0 spiro atoms. The Kier molecular flexibility index (Phi) is 7.51. The van der Waals surface area contributed by atoms with Gasteiger partial charge in [0.05, 0.1) is 4.92 Å². The zero-order valence-corrected chi connectivity index (χ0v) is 20.1. The Hall–Kier alpha value is -3.34. The monoisotopic (exact) mass is 490 g/mol. The van der Waals surface area contributed by atoms with Gasteiger partial charge < -0.3 is 5.32 Å². The maximum atomic E-state index is 11.8. The smallest absolute Gasteiger partial charge is 0.292 e. The highest BCUT2D eigenvalue weighted by atomic mass is 35.5. The van der Waals surface area contributed by atoms with Crippen LogP contribution in [0.2, 0.25) is 10.0 Å². The molecule has 0 aromatic heterocycles. The number of halogens is 2. The van der Waals surface area contributed by atoms with Gasteiger partial charge in [0.25, 0.3) is 5.69 Å². The Labute approximate surface area is 209 Å². The molecule has 1 N–H and O–H groups in total. The van der Waals surface area contributed by atoms with Gasteiger partial charge in [-0.1, -0.05) is 90.8 Å². The number of nitro benzene ring substituents is 1. The molecule has 4 nitrogen and oxygen atoms in total. The van der Waals surface area contributed by atoms with Crippen molar-refractivity contribution >= 4 is 34.6 Å². The first-order chi connectivity index (χ1) is 16.4. The second kappa shape index (κ2) is 10.7. The van der Waals surface area contributed by atoms with Crippen molar-refractivity contribution < 1.29 is 4.92 Å². The van der Waals surface area contributed by atoms with E-state index in [0.717, 1.165) is 16.7 Å². The minimum atomic E-state index is -0.348. The maximum absolute atomic E-state index is 11.8. The molecule has 4 aromatic rings. The van der Waals surface area contributed by atoms with Crippen LogP contribution in [0.4, 0.5) is 11.4 Å². The van der Waals surface area contributed by atoms with Crippen LogP contribution < -0.4 is 5.32 Å². The Balaban J connectivity index is 1.72. The van der Waals surface area contributed by atoms with Crippen LogP contribution in [0.15, 0.2) is 97.1 Å². The van der Waals surface area contributed by atoms with Gasteiger partial charge in [-0.15, -0.1) is 0 Å². The first kappa shape index (κ1) is 23.8. The van der Waals surface area contributed by atoms with Gasteiger partial charge in [0.1, 0.15) is 5.69 Å². The van der Waals surface area contributed by atoms with Crippen LogP contribution in [0.5, 0.6) is 0 Å². The molecule has 4 aromatic carbocycles. The average molecular weight is 491 g/mol. The predicted octanol–water partition coefficient (Wildman–Crippen LogP) is 8.30. The molecule has 4 rings (SSSR count). The van der Waals surface area contributed by atoms with Gasteiger partial charge in [0.15, 0.2) is 0 Å². The summed E-state index contributed by atoms with van der Waals surface area (Å²) in [5, 5.41) is 16.4. The fraction of sp³-hybridized carbons (Fsp3) is 0.143. The van der Waals surface area contributed by atoms with Crippen LogP contribution in [0.25, 0.3) is 0 Å². The number of hydrogen-bond donors (Lipinski definition) is 1.